The summed E-state index contributed by atoms with van der Waals surface area (Å²) in [4.78, 5) is 8.27. The zero-order valence-corrected chi connectivity index (χ0v) is 15.4. The first kappa shape index (κ1) is 17.4. The maximum Gasteiger partial charge on any atom is 0.143 e. The lowest BCUT2D eigenvalue weighted by Gasteiger charge is -2.42. The zero-order valence-electron chi connectivity index (χ0n) is 14.7. The first-order valence-corrected chi connectivity index (χ1v) is 9.53. The third-order valence-corrected chi connectivity index (χ3v) is 5.42. The van der Waals surface area contributed by atoms with E-state index in [1.54, 1.807) is 6.21 Å². The van der Waals surface area contributed by atoms with Gasteiger partial charge in [0.15, 0.2) is 0 Å². The maximum absolute atomic E-state index is 6.03. The number of hydrogen-bond donors (Lipinski definition) is 0. The summed E-state index contributed by atoms with van der Waals surface area (Å²) in [7, 11) is 0. The standard InChI is InChI=1S/C21H23ClN2O2/c22-19-6-3-4-16(12-19)15-25-20-7-2-1-5-18(20)13-23-26-21-14-24-10-8-17(21)9-11-24/h1-7,12-13,17,21H,8-11,14-15H2/b23-13+. The van der Waals surface area contributed by atoms with Crippen molar-refractivity contribution in [1.29, 1.82) is 0 Å². The second kappa shape index (κ2) is 8.11. The number of para-hydroxylation sites is 1. The minimum Gasteiger partial charge on any atom is -0.488 e. The summed E-state index contributed by atoms with van der Waals surface area (Å²) < 4.78 is 5.96. The first-order valence-electron chi connectivity index (χ1n) is 9.16. The topological polar surface area (TPSA) is 34.1 Å². The molecule has 3 fully saturated rings. The Balaban J connectivity index is 1.37. The molecule has 2 aromatic carbocycles. The van der Waals surface area contributed by atoms with Crippen LogP contribution in [0.15, 0.2) is 53.7 Å². The van der Waals surface area contributed by atoms with Gasteiger partial charge in [0.1, 0.15) is 18.5 Å². The van der Waals surface area contributed by atoms with E-state index >= 15 is 0 Å². The minimum atomic E-state index is 0.216. The molecule has 5 rings (SSSR count). The fourth-order valence-electron chi connectivity index (χ4n) is 3.70. The van der Waals surface area contributed by atoms with Gasteiger partial charge in [0.05, 0.1) is 6.21 Å². The van der Waals surface area contributed by atoms with E-state index in [-0.39, 0.29) is 6.10 Å². The van der Waals surface area contributed by atoms with Gasteiger partial charge in [-0.2, -0.15) is 0 Å². The number of nitrogens with zero attached hydrogens (tertiary/aromatic N) is 2. The Hall–Kier alpha value is -2.04. The molecular weight excluding hydrogens is 348 g/mol. The fraction of sp³-hybridized carbons (Fsp3) is 0.381. The molecule has 0 N–H and O–H groups in total. The monoisotopic (exact) mass is 370 g/mol. The predicted octanol–water partition coefficient (Wildman–Crippen LogP) is 4.36. The van der Waals surface area contributed by atoms with Crippen LogP contribution >= 0.6 is 11.6 Å². The first-order chi connectivity index (χ1) is 12.8. The Kier molecular flexibility index (Phi) is 5.42. The molecular formula is C21H23ClN2O2. The van der Waals surface area contributed by atoms with Crippen molar-refractivity contribution in [2.45, 2.75) is 25.6 Å². The molecule has 1 atom stereocenters. The summed E-state index contributed by atoms with van der Waals surface area (Å²) in [5, 5.41) is 4.98. The van der Waals surface area contributed by atoms with E-state index in [4.69, 9.17) is 21.2 Å². The van der Waals surface area contributed by atoms with Crippen LogP contribution in [0.5, 0.6) is 5.75 Å². The summed E-state index contributed by atoms with van der Waals surface area (Å²) in [6.45, 7) is 3.86. The highest BCUT2D eigenvalue weighted by molar-refractivity contribution is 6.30. The molecule has 0 amide bonds. The molecule has 0 aromatic heterocycles. The van der Waals surface area contributed by atoms with Crippen molar-refractivity contribution in [3.05, 3.63) is 64.7 Å². The van der Waals surface area contributed by atoms with Crippen LogP contribution in [0.1, 0.15) is 24.0 Å². The molecule has 0 radical (unpaired) electrons. The molecule has 2 aromatic rings. The highest BCUT2D eigenvalue weighted by Crippen LogP contribution is 2.29. The third kappa shape index (κ3) is 4.19. The predicted molar refractivity (Wildman–Crippen MR) is 104 cm³/mol. The largest absolute Gasteiger partial charge is 0.488 e. The van der Waals surface area contributed by atoms with Crippen LogP contribution in [0.2, 0.25) is 5.02 Å². The van der Waals surface area contributed by atoms with Crippen LogP contribution in [-0.4, -0.2) is 36.9 Å². The second-order valence-electron chi connectivity index (χ2n) is 6.97. The van der Waals surface area contributed by atoms with Gasteiger partial charge in [-0.3, -0.25) is 4.90 Å². The van der Waals surface area contributed by atoms with Crippen molar-refractivity contribution in [2.24, 2.45) is 11.1 Å². The number of ether oxygens (including phenoxy) is 1. The third-order valence-electron chi connectivity index (χ3n) is 5.19. The number of piperidine rings is 3. The quantitative estimate of drug-likeness (QED) is 0.559. The highest BCUT2D eigenvalue weighted by Gasteiger charge is 2.35. The molecule has 5 heteroatoms. The van der Waals surface area contributed by atoms with Gasteiger partial charge in [-0.15, -0.1) is 0 Å². The van der Waals surface area contributed by atoms with Crippen molar-refractivity contribution in [1.82, 2.24) is 4.90 Å². The Morgan fingerprint density at radius 2 is 1.96 bits per heavy atom. The number of oxime groups is 1. The average Bonchev–Trinajstić information content (AvgIpc) is 2.68. The summed E-state index contributed by atoms with van der Waals surface area (Å²) in [5.41, 5.74) is 1.95. The van der Waals surface area contributed by atoms with Gasteiger partial charge in [0.25, 0.3) is 0 Å². The number of fused-ring (bicyclic) bond motifs is 3. The van der Waals surface area contributed by atoms with E-state index in [0.717, 1.165) is 23.4 Å². The molecule has 26 heavy (non-hydrogen) atoms. The van der Waals surface area contributed by atoms with Gasteiger partial charge in [-0.25, -0.2) is 0 Å². The Morgan fingerprint density at radius 3 is 2.73 bits per heavy atom. The van der Waals surface area contributed by atoms with Crippen molar-refractivity contribution in [3.63, 3.8) is 0 Å². The van der Waals surface area contributed by atoms with E-state index in [1.807, 2.05) is 48.5 Å². The van der Waals surface area contributed by atoms with E-state index in [9.17, 15) is 0 Å². The van der Waals surface area contributed by atoms with Crippen molar-refractivity contribution in [2.75, 3.05) is 19.6 Å². The van der Waals surface area contributed by atoms with Crippen LogP contribution in [-0.2, 0) is 11.4 Å². The van der Waals surface area contributed by atoms with E-state index in [2.05, 4.69) is 10.1 Å². The lowest BCUT2D eigenvalue weighted by Crippen LogP contribution is -2.50. The van der Waals surface area contributed by atoms with Crippen molar-refractivity contribution in [3.8, 4) is 5.75 Å². The highest BCUT2D eigenvalue weighted by atomic mass is 35.5. The fourth-order valence-corrected chi connectivity index (χ4v) is 3.91. The lowest BCUT2D eigenvalue weighted by atomic mass is 9.86. The molecule has 3 aliphatic heterocycles. The molecule has 0 spiro atoms. The molecule has 136 valence electrons. The van der Waals surface area contributed by atoms with Gasteiger partial charge in [-0.1, -0.05) is 41.0 Å². The molecule has 1 unspecified atom stereocenters. The van der Waals surface area contributed by atoms with E-state index in [0.29, 0.717) is 17.5 Å². The second-order valence-corrected chi connectivity index (χ2v) is 7.41. The average molecular weight is 371 g/mol. The van der Waals surface area contributed by atoms with Crippen LogP contribution in [0.4, 0.5) is 0 Å². The van der Waals surface area contributed by atoms with Crippen LogP contribution in [0.3, 0.4) is 0 Å². The van der Waals surface area contributed by atoms with Crippen molar-refractivity contribution < 1.29 is 9.57 Å². The van der Waals surface area contributed by atoms with Crippen LogP contribution in [0, 0.1) is 5.92 Å². The molecule has 2 bridgehead atoms. The molecule has 3 heterocycles. The number of halogens is 1. The smallest absolute Gasteiger partial charge is 0.143 e. The minimum absolute atomic E-state index is 0.216. The molecule has 0 aliphatic carbocycles. The van der Waals surface area contributed by atoms with Gasteiger partial charge >= 0.3 is 0 Å². The number of rotatable bonds is 6. The number of hydrogen-bond acceptors (Lipinski definition) is 4. The Labute approximate surface area is 159 Å². The van der Waals surface area contributed by atoms with Crippen LogP contribution < -0.4 is 4.74 Å². The van der Waals surface area contributed by atoms with Gasteiger partial charge < -0.3 is 9.57 Å². The van der Waals surface area contributed by atoms with Gasteiger partial charge in [0, 0.05) is 23.0 Å². The van der Waals surface area contributed by atoms with Crippen LogP contribution in [0.25, 0.3) is 0 Å². The summed E-state index contributed by atoms with van der Waals surface area (Å²) >= 11 is 6.03. The van der Waals surface area contributed by atoms with Gasteiger partial charge in [0.2, 0.25) is 0 Å². The van der Waals surface area contributed by atoms with Gasteiger partial charge in [-0.05, 0) is 55.8 Å². The summed E-state index contributed by atoms with van der Waals surface area (Å²) in [5.74, 6) is 1.43. The molecule has 0 saturated carbocycles. The zero-order chi connectivity index (χ0) is 17.8. The number of benzene rings is 2. The summed E-state index contributed by atoms with van der Waals surface area (Å²) in [6.07, 6.45) is 4.41. The molecule has 3 aliphatic rings. The molecule has 4 nitrogen and oxygen atoms in total. The van der Waals surface area contributed by atoms with Crippen molar-refractivity contribution >= 4 is 17.8 Å². The molecule has 3 saturated heterocycles. The van der Waals surface area contributed by atoms with E-state index < -0.39 is 0 Å². The van der Waals surface area contributed by atoms with E-state index in [1.165, 1.54) is 25.9 Å². The normalized spacial score (nSPS) is 24.7. The summed E-state index contributed by atoms with van der Waals surface area (Å²) in [6, 6.07) is 15.6. The Morgan fingerprint density at radius 1 is 1.12 bits per heavy atom. The maximum atomic E-state index is 6.03. The lowest BCUT2D eigenvalue weighted by molar-refractivity contribution is -0.0675. The Bertz CT molecular complexity index is 772. The SMILES string of the molecule is Clc1cccc(COc2ccccc2/C=N/OC2CN3CCC2CC3)c1.